The van der Waals surface area contributed by atoms with E-state index in [1.165, 1.54) is 11.8 Å². The van der Waals surface area contributed by atoms with Gasteiger partial charge in [-0.2, -0.15) is 0 Å². The van der Waals surface area contributed by atoms with E-state index in [1.54, 1.807) is 23.0 Å². The molecule has 0 N–H and O–H groups in total. The lowest BCUT2D eigenvalue weighted by Gasteiger charge is -2.30. The minimum absolute atomic E-state index is 0.0131. The van der Waals surface area contributed by atoms with Crippen LogP contribution in [0.4, 0.5) is 11.4 Å². The van der Waals surface area contributed by atoms with Crippen LogP contribution < -0.4 is 4.90 Å². The molecular formula is C22H15ClN4OS2. The number of hydrogen-bond donors (Lipinski definition) is 0. The van der Waals surface area contributed by atoms with Crippen LogP contribution in [0.1, 0.15) is 0 Å². The number of fused-ring (bicyclic) bond motifs is 2. The number of aromatic nitrogens is 3. The van der Waals surface area contributed by atoms with Gasteiger partial charge in [-0.3, -0.25) is 14.3 Å². The van der Waals surface area contributed by atoms with Gasteiger partial charge in [0.15, 0.2) is 5.16 Å². The molecule has 1 amide bonds. The number of carbonyl (C=O) groups excluding carboxylic acids is 1. The van der Waals surface area contributed by atoms with Crippen LogP contribution in [0.2, 0.25) is 5.02 Å². The number of benzene rings is 3. The summed E-state index contributed by atoms with van der Waals surface area (Å²) in [5.41, 5.74) is 2.67. The van der Waals surface area contributed by atoms with Crippen LogP contribution in [0.15, 0.2) is 94.1 Å². The molecule has 0 atom stereocenters. The third-order valence-corrected chi connectivity index (χ3v) is 6.90. The average molecular weight is 451 g/mol. The summed E-state index contributed by atoms with van der Waals surface area (Å²) < 4.78 is 1.83. The summed E-state index contributed by atoms with van der Waals surface area (Å²) in [5.74, 6) is 0.216. The van der Waals surface area contributed by atoms with Gasteiger partial charge in [-0.15, -0.1) is 10.2 Å². The molecule has 0 saturated heterocycles. The summed E-state index contributed by atoms with van der Waals surface area (Å²) in [4.78, 5) is 17.3. The fourth-order valence-electron chi connectivity index (χ4n) is 3.29. The number of nitrogens with zero attached hydrogens (tertiary/aromatic N) is 4. The van der Waals surface area contributed by atoms with Gasteiger partial charge in [0.2, 0.25) is 5.91 Å². The lowest BCUT2D eigenvalue weighted by atomic mass is 10.2. The summed E-state index contributed by atoms with van der Waals surface area (Å²) in [6.07, 6.45) is 1.63. The van der Waals surface area contributed by atoms with Gasteiger partial charge >= 0.3 is 0 Å². The van der Waals surface area contributed by atoms with Crippen LogP contribution in [0.3, 0.4) is 0 Å². The van der Waals surface area contributed by atoms with Crippen LogP contribution in [0.25, 0.3) is 5.69 Å². The second-order valence-corrected chi connectivity index (χ2v) is 8.98. The molecule has 5 rings (SSSR count). The quantitative estimate of drug-likeness (QED) is 0.365. The van der Waals surface area contributed by atoms with Crippen molar-refractivity contribution in [2.24, 2.45) is 0 Å². The molecule has 0 bridgehead atoms. The molecule has 0 aliphatic carbocycles. The number of thioether (sulfide) groups is 1. The lowest BCUT2D eigenvalue weighted by molar-refractivity contribution is -0.115. The minimum Gasteiger partial charge on any atom is -0.278 e. The Morgan fingerprint density at radius 2 is 1.67 bits per heavy atom. The zero-order valence-corrected chi connectivity index (χ0v) is 18.0. The van der Waals surface area contributed by atoms with Crippen LogP contribution in [-0.2, 0) is 4.79 Å². The molecule has 30 heavy (non-hydrogen) atoms. The first kappa shape index (κ1) is 19.2. The molecule has 2 heterocycles. The molecule has 4 aromatic rings. The summed E-state index contributed by atoms with van der Waals surface area (Å²) in [6, 6.07) is 23.4. The second-order valence-electron chi connectivity index (χ2n) is 6.52. The molecule has 8 heteroatoms. The van der Waals surface area contributed by atoms with Gasteiger partial charge in [0.1, 0.15) is 6.33 Å². The molecule has 0 spiro atoms. The van der Waals surface area contributed by atoms with E-state index in [4.69, 9.17) is 11.6 Å². The standard InChI is InChI=1S/C22H15ClN4OS2/c23-15-6-5-7-16(12-15)26-14-24-25-22(26)29-13-21(28)27-17-8-1-3-10-19(17)30-20-11-4-2-9-18(20)27/h1-12,14H,13H2. The highest BCUT2D eigenvalue weighted by Crippen LogP contribution is 2.48. The van der Waals surface area contributed by atoms with Gasteiger partial charge in [0, 0.05) is 14.8 Å². The fraction of sp³-hybridized carbons (Fsp3) is 0.0455. The van der Waals surface area contributed by atoms with Crippen LogP contribution >= 0.6 is 35.1 Å². The van der Waals surface area contributed by atoms with Crippen molar-refractivity contribution in [1.82, 2.24) is 14.8 Å². The van der Waals surface area contributed by atoms with E-state index in [0.717, 1.165) is 26.9 Å². The van der Waals surface area contributed by atoms with E-state index >= 15 is 0 Å². The first-order valence-corrected chi connectivity index (χ1v) is 11.4. The Balaban J connectivity index is 1.42. The number of amides is 1. The van der Waals surface area contributed by atoms with E-state index in [9.17, 15) is 4.79 Å². The minimum atomic E-state index is -0.0131. The first-order valence-electron chi connectivity index (χ1n) is 9.18. The molecule has 0 fully saturated rings. The molecule has 0 radical (unpaired) electrons. The normalized spacial score (nSPS) is 12.4. The molecule has 1 aliphatic heterocycles. The highest BCUT2D eigenvalue weighted by Gasteiger charge is 2.28. The summed E-state index contributed by atoms with van der Waals surface area (Å²) in [6.45, 7) is 0. The largest absolute Gasteiger partial charge is 0.278 e. The number of anilines is 2. The smallest absolute Gasteiger partial charge is 0.242 e. The van der Waals surface area contributed by atoms with E-state index in [0.29, 0.717) is 10.2 Å². The van der Waals surface area contributed by atoms with Gasteiger partial charge in [-0.1, -0.05) is 65.5 Å². The Morgan fingerprint density at radius 3 is 2.37 bits per heavy atom. The highest BCUT2D eigenvalue weighted by atomic mass is 35.5. The Hall–Kier alpha value is -2.74. The topological polar surface area (TPSA) is 51.0 Å². The predicted octanol–water partition coefficient (Wildman–Crippen LogP) is 5.84. The van der Waals surface area contributed by atoms with E-state index in [2.05, 4.69) is 10.2 Å². The van der Waals surface area contributed by atoms with Crippen molar-refractivity contribution in [3.63, 3.8) is 0 Å². The summed E-state index contributed by atoms with van der Waals surface area (Å²) in [5, 5.41) is 9.47. The lowest BCUT2D eigenvalue weighted by Crippen LogP contribution is -2.30. The van der Waals surface area contributed by atoms with Gasteiger partial charge in [-0.05, 0) is 42.5 Å². The maximum atomic E-state index is 13.3. The number of rotatable bonds is 4. The molecule has 0 saturated carbocycles. The fourth-order valence-corrected chi connectivity index (χ4v) is 5.31. The Morgan fingerprint density at radius 1 is 0.967 bits per heavy atom. The molecule has 148 valence electrons. The highest BCUT2D eigenvalue weighted by molar-refractivity contribution is 8.00. The Kier molecular flexibility index (Phi) is 5.25. The van der Waals surface area contributed by atoms with Crippen molar-refractivity contribution in [1.29, 1.82) is 0 Å². The summed E-state index contributed by atoms with van der Waals surface area (Å²) in [7, 11) is 0. The van der Waals surface area contributed by atoms with Gasteiger partial charge in [0.25, 0.3) is 0 Å². The van der Waals surface area contributed by atoms with Crippen molar-refractivity contribution in [3.05, 3.63) is 84.1 Å². The maximum absolute atomic E-state index is 13.3. The zero-order valence-electron chi connectivity index (χ0n) is 15.6. The molecular weight excluding hydrogens is 436 g/mol. The van der Waals surface area contributed by atoms with Crippen LogP contribution in [0, 0.1) is 0 Å². The van der Waals surface area contributed by atoms with Gasteiger partial charge < -0.3 is 0 Å². The molecule has 1 aromatic heterocycles. The van der Waals surface area contributed by atoms with Crippen molar-refractivity contribution >= 4 is 52.4 Å². The van der Waals surface area contributed by atoms with E-state index in [-0.39, 0.29) is 11.7 Å². The monoisotopic (exact) mass is 450 g/mol. The van der Waals surface area contributed by atoms with E-state index < -0.39 is 0 Å². The van der Waals surface area contributed by atoms with Crippen LogP contribution in [-0.4, -0.2) is 26.4 Å². The number of halogens is 1. The van der Waals surface area contributed by atoms with Crippen molar-refractivity contribution in [2.75, 3.05) is 10.7 Å². The van der Waals surface area contributed by atoms with Crippen LogP contribution in [0.5, 0.6) is 0 Å². The number of para-hydroxylation sites is 2. The Bertz CT molecular complexity index is 1200. The van der Waals surface area contributed by atoms with Gasteiger partial charge in [-0.25, -0.2) is 0 Å². The number of carbonyl (C=O) groups is 1. The molecule has 0 unspecified atom stereocenters. The van der Waals surface area contributed by atoms with Gasteiger partial charge in [0.05, 0.1) is 22.8 Å². The third kappa shape index (κ3) is 3.60. The van der Waals surface area contributed by atoms with E-state index in [1.807, 2.05) is 77.4 Å². The SMILES string of the molecule is O=C(CSc1nncn1-c1cccc(Cl)c1)N1c2ccccc2Sc2ccccc21. The van der Waals surface area contributed by atoms with Crippen molar-refractivity contribution in [2.45, 2.75) is 14.9 Å². The average Bonchev–Trinajstić information content (AvgIpc) is 3.24. The maximum Gasteiger partial charge on any atom is 0.242 e. The Labute approximate surface area is 187 Å². The molecule has 1 aliphatic rings. The zero-order chi connectivity index (χ0) is 20.5. The van der Waals surface area contributed by atoms with Crippen molar-refractivity contribution < 1.29 is 4.79 Å². The third-order valence-electron chi connectivity index (χ3n) is 4.61. The number of hydrogen-bond acceptors (Lipinski definition) is 5. The first-order chi connectivity index (χ1) is 14.7. The molecule has 3 aromatic carbocycles. The predicted molar refractivity (Wildman–Crippen MR) is 121 cm³/mol. The molecule has 5 nitrogen and oxygen atoms in total. The summed E-state index contributed by atoms with van der Waals surface area (Å²) >= 11 is 9.15. The van der Waals surface area contributed by atoms with Crippen molar-refractivity contribution in [3.8, 4) is 5.69 Å². The second kappa shape index (κ2) is 8.18.